The second kappa shape index (κ2) is 9.14. The van der Waals surface area contributed by atoms with Gasteiger partial charge in [0.1, 0.15) is 0 Å². The minimum absolute atomic E-state index is 0.0720. The summed E-state index contributed by atoms with van der Waals surface area (Å²) in [6.45, 7) is 1.89. The van der Waals surface area contributed by atoms with E-state index in [1.54, 1.807) is 0 Å². The Hall–Kier alpha value is -2.93. The minimum Gasteiger partial charge on any atom is -0.481 e. The number of nitrogens with zero attached hydrogens (tertiary/aromatic N) is 1. The molecule has 142 valence electrons. The molecule has 7 nitrogen and oxygen atoms in total. The Morgan fingerprint density at radius 3 is 2.44 bits per heavy atom. The van der Waals surface area contributed by atoms with Gasteiger partial charge in [0.25, 0.3) is 5.69 Å². The van der Waals surface area contributed by atoms with Gasteiger partial charge in [-0.15, -0.1) is 0 Å². The summed E-state index contributed by atoms with van der Waals surface area (Å²) in [5.41, 5.74) is 0.960. The van der Waals surface area contributed by atoms with Crippen LogP contribution in [-0.2, 0) is 9.59 Å². The van der Waals surface area contributed by atoms with E-state index >= 15 is 0 Å². The third-order valence-electron chi connectivity index (χ3n) is 4.14. The Labute approximate surface area is 161 Å². The van der Waals surface area contributed by atoms with Gasteiger partial charge in [0.15, 0.2) is 0 Å². The molecule has 0 bridgehead atoms. The molecule has 0 fully saturated rings. The lowest BCUT2D eigenvalue weighted by atomic mass is 9.96. The molecule has 2 atom stereocenters. The molecule has 2 aromatic carbocycles. The van der Waals surface area contributed by atoms with Crippen LogP contribution in [-0.4, -0.2) is 21.9 Å². The van der Waals surface area contributed by atoms with Crippen molar-refractivity contribution in [3.05, 3.63) is 74.8 Å². The number of carboxylic acids is 1. The number of nitro groups is 1. The summed E-state index contributed by atoms with van der Waals surface area (Å²) in [6.07, 6.45) is -0.293. The highest BCUT2D eigenvalue weighted by atomic mass is 35.5. The summed E-state index contributed by atoms with van der Waals surface area (Å²) < 4.78 is 0. The maximum absolute atomic E-state index is 12.4. The lowest BCUT2D eigenvalue weighted by Crippen LogP contribution is -2.31. The number of rotatable bonds is 8. The summed E-state index contributed by atoms with van der Waals surface area (Å²) in [7, 11) is 0. The van der Waals surface area contributed by atoms with Crippen molar-refractivity contribution >= 4 is 29.2 Å². The maximum Gasteiger partial charge on any atom is 0.305 e. The third kappa shape index (κ3) is 5.79. The molecule has 2 rings (SSSR count). The van der Waals surface area contributed by atoms with E-state index in [0.717, 1.165) is 5.56 Å². The zero-order valence-corrected chi connectivity index (χ0v) is 15.3. The van der Waals surface area contributed by atoms with Crippen LogP contribution >= 0.6 is 11.6 Å². The number of aliphatic carboxylic acids is 1. The number of halogens is 1. The van der Waals surface area contributed by atoms with E-state index < -0.39 is 23.4 Å². The molecule has 8 heteroatoms. The summed E-state index contributed by atoms with van der Waals surface area (Å²) in [4.78, 5) is 34.0. The molecular formula is C19H19ClN2O5. The molecular weight excluding hydrogens is 372 g/mol. The van der Waals surface area contributed by atoms with E-state index in [4.69, 9.17) is 16.7 Å². The number of benzene rings is 2. The van der Waals surface area contributed by atoms with Gasteiger partial charge in [0.05, 0.1) is 17.4 Å². The molecule has 0 aliphatic rings. The molecule has 0 saturated heterocycles. The van der Waals surface area contributed by atoms with Crippen LogP contribution in [0.4, 0.5) is 5.69 Å². The Morgan fingerprint density at radius 2 is 1.85 bits per heavy atom. The third-order valence-corrected chi connectivity index (χ3v) is 4.48. The van der Waals surface area contributed by atoms with Gasteiger partial charge in [-0.2, -0.15) is 0 Å². The van der Waals surface area contributed by atoms with Crippen molar-refractivity contribution < 1.29 is 19.6 Å². The highest BCUT2D eigenvalue weighted by Crippen LogP contribution is 2.30. The fourth-order valence-corrected chi connectivity index (χ4v) is 3.01. The fourth-order valence-electron chi connectivity index (χ4n) is 2.76. The number of nitrogens with one attached hydrogen (secondary N) is 1. The zero-order valence-electron chi connectivity index (χ0n) is 14.6. The Bertz CT molecular complexity index is 841. The first-order valence-corrected chi connectivity index (χ1v) is 8.65. The van der Waals surface area contributed by atoms with Crippen LogP contribution in [0.25, 0.3) is 0 Å². The maximum atomic E-state index is 12.4. The normalized spacial score (nSPS) is 12.8. The van der Waals surface area contributed by atoms with Gasteiger partial charge in [-0.05, 0) is 17.5 Å². The second-order valence-corrected chi connectivity index (χ2v) is 6.60. The highest BCUT2D eigenvalue weighted by molar-refractivity contribution is 6.31. The van der Waals surface area contributed by atoms with Crippen molar-refractivity contribution in [2.75, 3.05) is 0 Å². The van der Waals surface area contributed by atoms with Crippen LogP contribution in [0.3, 0.4) is 0 Å². The molecule has 0 spiro atoms. The largest absolute Gasteiger partial charge is 0.481 e. The number of hydrogen-bond acceptors (Lipinski definition) is 4. The molecule has 0 saturated carbocycles. The number of carboxylic acid groups (broad SMARTS) is 1. The predicted molar refractivity (Wildman–Crippen MR) is 101 cm³/mol. The smallest absolute Gasteiger partial charge is 0.305 e. The lowest BCUT2D eigenvalue weighted by molar-refractivity contribution is -0.384. The number of amides is 1. The Balaban J connectivity index is 2.19. The SMILES string of the molecule is C[C@H](CC(=O)N[C@@H](CC(=O)O)c1cc([N+](=O)[O-])ccc1Cl)c1ccccc1. The Morgan fingerprint density at radius 1 is 1.19 bits per heavy atom. The number of hydrogen-bond donors (Lipinski definition) is 2. The van der Waals surface area contributed by atoms with E-state index in [1.165, 1.54) is 18.2 Å². The minimum atomic E-state index is -1.15. The quantitative estimate of drug-likeness (QED) is 0.521. The van der Waals surface area contributed by atoms with Crippen LogP contribution in [0, 0.1) is 10.1 Å². The van der Waals surface area contributed by atoms with Crippen molar-refractivity contribution in [3.63, 3.8) is 0 Å². The molecule has 0 unspecified atom stereocenters. The molecule has 2 N–H and O–H groups in total. The number of nitro benzene ring substituents is 1. The molecule has 0 aromatic heterocycles. The van der Waals surface area contributed by atoms with Crippen molar-refractivity contribution in [1.82, 2.24) is 5.32 Å². The number of non-ortho nitro benzene ring substituents is 1. The molecule has 0 aliphatic heterocycles. The fraction of sp³-hybridized carbons (Fsp3) is 0.263. The molecule has 0 radical (unpaired) electrons. The van der Waals surface area contributed by atoms with Gasteiger partial charge in [0, 0.05) is 29.1 Å². The topological polar surface area (TPSA) is 110 Å². The molecule has 1 amide bonds. The molecule has 2 aromatic rings. The Kier molecular flexibility index (Phi) is 6.90. The van der Waals surface area contributed by atoms with E-state index in [1.807, 2.05) is 37.3 Å². The van der Waals surface area contributed by atoms with Crippen molar-refractivity contribution in [2.24, 2.45) is 0 Å². The average Bonchev–Trinajstić information content (AvgIpc) is 2.61. The summed E-state index contributed by atoms with van der Waals surface area (Å²) in [6, 6.07) is 12.2. The molecule has 0 heterocycles. The zero-order chi connectivity index (χ0) is 20.0. The van der Waals surface area contributed by atoms with E-state index in [2.05, 4.69) is 5.32 Å². The van der Waals surface area contributed by atoms with Crippen molar-refractivity contribution in [3.8, 4) is 0 Å². The first-order valence-electron chi connectivity index (χ1n) is 8.28. The summed E-state index contributed by atoms with van der Waals surface area (Å²) in [5.74, 6) is -1.59. The van der Waals surface area contributed by atoms with Crippen LogP contribution in [0.2, 0.25) is 5.02 Å². The van der Waals surface area contributed by atoms with E-state index in [0.29, 0.717) is 0 Å². The van der Waals surface area contributed by atoms with Gasteiger partial charge in [-0.25, -0.2) is 0 Å². The van der Waals surface area contributed by atoms with Gasteiger partial charge < -0.3 is 10.4 Å². The van der Waals surface area contributed by atoms with Gasteiger partial charge in [-0.3, -0.25) is 19.7 Å². The van der Waals surface area contributed by atoms with Crippen LogP contribution in [0.5, 0.6) is 0 Å². The van der Waals surface area contributed by atoms with Gasteiger partial charge in [0.2, 0.25) is 5.91 Å². The summed E-state index contributed by atoms with van der Waals surface area (Å²) in [5, 5.41) is 23.0. The summed E-state index contributed by atoms with van der Waals surface area (Å²) >= 11 is 6.10. The monoisotopic (exact) mass is 390 g/mol. The first kappa shape index (κ1) is 20.4. The number of carbonyl (C=O) groups excluding carboxylic acids is 1. The van der Waals surface area contributed by atoms with Gasteiger partial charge >= 0.3 is 5.97 Å². The van der Waals surface area contributed by atoms with Crippen molar-refractivity contribution in [1.29, 1.82) is 0 Å². The number of carbonyl (C=O) groups is 2. The molecule has 27 heavy (non-hydrogen) atoms. The standard InChI is InChI=1S/C19H19ClN2O5/c1-12(13-5-3-2-4-6-13)9-18(23)21-17(11-19(24)25)15-10-14(22(26)27)7-8-16(15)20/h2-8,10,12,17H,9,11H2,1H3,(H,21,23)(H,24,25)/t12-,17+/m1/s1. The van der Waals surface area contributed by atoms with E-state index in [9.17, 15) is 19.7 Å². The predicted octanol–water partition coefficient (Wildman–Crippen LogP) is 4.07. The molecule has 0 aliphatic carbocycles. The average molecular weight is 391 g/mol. The van der Waals surface area contributed by atoms with Crippen LogP contribution in [0.1, 0.15) is 42.9 Å². The van der Waals surface area contributed by atoms with Crippen LogP contribution < -0.4 is 5.32 Å². The van der Waals surface area contributed by atoms with Crippen molar-refractivity contribution in [2.45, 2.75) is 31.7 Å². The highest BCUT2D eigenvalue weighted by Gasteiger charge is 2.23. The van der Waals surface area contributed by atoms with Crippen LogP contribution in [0.15, 0.2) is 48.5 Å². The second-order valence-electron chi connectivity index (χ2n) is 6.20. The van der Waals surface area contributed by atoms with E-state index in [-0.39, 0.29) is 34.5 Å². The van der Waals surface area contributed by atoms with Gasteiger partial charge in [-0.1, -0.05) is 48.9 Å². The lowest BCUT2D eigenvalue weighted by Gasteiger charge is -2.20. The first-order chi connectivity index (χ1) is 12.8.